The number of alkyl halides is 3. The highest BCUT2D eigenvalue weighted by Crippen LogP contribution is 2.24. The van der Waals surface area contributed by atoms with E-state index in [0.717, 1.165) is 34.2 Å². The summed E-state index contributed by atoms with van der Waals surface area (Å²) >= 11 is 0. The van der Waals surface area contributed by atoms with Crippen LogP contribution in [-0.2, 0) is 22.4 Å². The number of anilines is 1. The number of carbonyl (C=O) groups is 2. The van der Waals surface area contributed by atoms with Crippen molar-refractivity contribution in [1.82, 2.24) is 15.3 Å². The van der Waals surface area contributed by atoms with E-state index < -0.39 is 41.8 Å². The molecule has 2 aromatic carbocycles. The topological polar surface area (TPSA) is 105 Å². The number of rotatable bonds is 8. The second-order valence-corrected chi connectivity index (χ2v) is 9.55. The van der Waals surface area contributed by atoms with Crippen LogP contribution in [0.4, 0.5) is 27.6 Å². The average molecular weight is 633 g/mol. The largest absolute Gasteiger partial charge is 0.480 e. The minimum Gasteiger partial charge on any atom is -0.480 e. The fraction of sp³-hybridized carbons (Fsp3) is 0.312. The van der Waals surface area contributed by atoms with Gasteiger partial charge >= 0.3 is 12.6 Å². The van der Waals surface area contributed by atoms with Gasteiger partial charge in [0.05, 0.1) is 18.9 Å². The van der Waals surface area contributed by atoms with Crippen LogP contribution >= 0.6 is 0 Å². The van der Waals surface area contributed by atoms with E-state index in [-0.39, 0.29) is 6.42 Å². The van der Waals surface area contributed by atoms with E-state index in [0.29, 0.717) is 44.0 Å². The van der Waals surface area contributed by atoms with E-state index in [4.69, 9.17) is 4.74 Å². The van der Waals surface area contributed by atoms with Gasteiger partial charge in [-0.05, 0) is 35.4 Å². The number of aromatic nitrogens is 2. The van der Waals surface area contributed by atoms with Crippen LogP contribution in [0.25, 0.3) is 10.8 Å². The van der Waals surface area contributed by atoms with Gasteiger partial charge in [-0.15, -0.1) is 0 Å². The minimum absolute atomic E-state index is 0.0725. The number of amides is 1. The van der Waals surface area contributed by atoms with E-state index >= 15 is 0 Å². The number of nitrogens with one attached hydrogen (secondary N) is 1. The molecule has 0 aliphatic carbocycles. The van der Waals surface area contributed by atoms with Crippen LogP contribution in [0.1, 0.15) is 41.0 Å². The van der Waals surface area contributed by atoms with Crippen LogP contribution in [-0.4, -0.2) is 66.0 Å². The van der Waals surface area contributed by atoms with Gasteiger partial charge in [-0.1, -0.05) is 38.1 Å². The average Bonchev–Trinajstić information content (AvgIpc) is 3.02. The molecule has 1 aliphatic heterocycles. The summed E-state index contributed by atoms with van der Waals surface area (Å²) in [6.45, 7) is 2.14. The second kappa shape index (κ2) is 17.0. The Labute approximate surface area is 256 Å². The zero-order valence-corrected chi connectivity index (χ0v) is 24.7. The zero-order chi connectivity index (χ0) is 32.9. The molecule has 2 N–H and O–H groups in total. The van der Waals surface area contributed by atoms with Crippen molar-refractivity contribution in [2.24, 2.45) is 0 Å². The molecule has 2 aromatic heterocycles. The second-order valence-electron chi connectivity index (χ2n) is 9.55. The first-order chi connectivity index (χ1) is 21.6. The predicted octanol–water partition coefficient (Wildman–Crippen LogP) is 5.97. The highest BCUT2D eigenvalue weighted by molar-refractivity contribution is 5.97. The number of ether oxygens (including phenoxy) is 1. The van der Waals surface area contributed by atoms with Gasteiger partial charge in [0.25, 0.3) is 5.91 Å². The van der Waals surface area contributed by atoms with Crippen LogP contribution in [0.3, 0.4) is 0 Å². The van der Waals surface area contributed by atoms with E-state index in [1.807, 2.05) is 38.1 Å². The molecule has 3 heterocycles. The number of carboxylic acids is 1. The molecular weight excluding hydrogens is 599 g/mol. The highest BCUT2D eigenvalue weighted by atomic mass is 19.4. The first-order valence-electron chi connectivity index (χ1n) is 14.2. The molecule has 1 saturated heterocycles. The summed E-state index contributed by atoms with van der Waals surface area (Å²) < 4.78 is 64.0. The van der Waals surface area contributed by atoms with Crippen molar-refractivity contribution in [1.29, 1.82) is 0 Å². The third-order valence-electron chi connectivity index (χ3n) is 6.68. The molecule has 1 aliphatic rings. The van der Waals surface area contributed by atoms with E-state index in [1.54, 1.807) is 35.6 Å². The number of carbonyl (C=O) groups excluding carboxylic acids is 1. The lowest BCUT2D eigenvalue weighted by molar-refractivity contribution is -0.139. The van der Waals surface area contributed by atoms with Crippen molar-refractivity contribution >= 4 is 28.3 Å². The van der Waals surface area contributed by atoms with Crippen LogP contribution in [0.2, 0.25) is 0 Å². The Balaban J connectivity index is 0.000000853. The summed E-state index contributed by atoms with van der Waals surface area (Å²) in [5, 5.41) is 14.0. The molecule has 0 saturated carbocycles. The van der Waals surface area contributed by atoms with Crippen molar-refractivity contribution < 1.29 is 41.4 Å². The maximum Gasteiger partial charge on any atom is 0.379 e. The fourth-order valence-corrected chi connectivity index (χ4v) is 4.73. The minimum atomic E-state index is -3.67. The summed E-state index contributed by atoms with van der Waals surface area (Å²) in [5.74, 6) is -4.56. The van der Waals surface area contributed by atoms with Crippen molar-refractivity contribution in [2.75, 3.05) is 31.2 Å². The monoisotopic (exact) mass is 632 g/mol. The first-order valence-corrected chi connectivity index (χ1v) is 14.2. The molecule has 0 bridgehead atoms. The van der Waals surface area contributed by atoms with Crippen LogP contribution in [0.5, 0.6) is 0 Å². The zero-order valence-electron chi connectivity index (χ0n) is 24.7. The quantitative estimate of drug-likeness (QED) is 0.231. The van der Waals surface area contributed by atoms with Crippen molar-refractivity contribution in [3.63, 3.8) is 0 Å². The predicted molar refractivity (Wildman–Crippen MR) is 159 cm³/mol. The molecule has 13 heteroatoms. The Kier molecular flexibility index (Phi) is 13.2. The summed E-state index contributed by atoms with van der Waals surface area (Å²) in [5.41, 5.74) is 1.87. The molecule has 0 spiro atoms. The van der Waals surface area contributed by atoms with Gasteiger partial charge in [0.2, 0.25) is 0 Å². The van der Waals surface area contributed by atoms with Gasteiger partial charge < -0.3 is 20.1 Å². The number of fused-ring (bicyclic) bond motifs is 1. The standard InChI is InChI=1S/C29H26F2N4O4.C2H6.CHF3/c30-23-15-21(35-8-10-39-11-9-35)16-24(31)27(23)28(36)34-26(29(37)38)14-19-3-1-2-18(12-19)13-25-22-5-6-32-17-20(22)4-7-33-25;1-2;2-1(3)4/h1-7,12,15-17,26H,8-11,13-14H2,(H,34,36)(H,37,38);1-2H3;1H. The number of halogens is 5. The maximum absolute atomic E-state index is 14.8. The number of benzene rings is 2. The molecule has 8 nitrogen and oxygen atoms in total. The summed E-state index contributed by atoms with van der Waals surface area (Å²) in [6, 6.07) is 11.8. The molecule has 1 atom stereocenters. The Morgan fingerprint density at radius 2 is 1.62 bits per heavy atom. The van der Waals surface area contributed by atoms with Gasteiger partial charge in [0.15, 0.2) is 0 Å². The van der Waals surface area contributed by atoms with Gasteiger partial charge in [0, 0.05) is 61.0 Å². The molecule has 5 rings (SSSR count). The number of carboxylic acid groups (broad SMARTS) is 1. The number of hydrogen-bond acceptors (Lipinski definition) is 6. The van der Waals surface area contributed by atoms with Crippen LogP contribution in [0, 0.1) is 11.6 Å². The first kappa shape index (κ1) is 34.8. The number of pyridine rings is 2. The SMILES string of the molecule is CC.FC(F)F.O=C(NC(Cc1cccc(Cc2nccc3cnccc23)c1)C(=O)O)c1c(F)cc(N2CCOCC2)cc1F. The third kappa shape index (κ3) is 9.93. The van der Waals surface area contributed by atoms with Gasteiger partial charge in [-0.25, -0.2) is 13.6 Å². The summed E-state index contributed by atoms with van der Waals surface area (Å²) in [7, 11) is 0. The molecule has 1 fully saturated rings. The molecule has 0 radical (unpaired) electrons. The van der Waals surface area contributed by atoms with Crippen molar-refractivity contribution in [3.05, 3.63) is 101 Å². The number of aliphatic carboxylic acids is 1. The van der Waals surface area contributed by atoms with E-state index in [9.17, 15) is 36.6 Å². The molecule has 4 aromatic rings. The number of morpholine rings is 1. The smallest absolute Gasteiger partial charge is 0.379 e. The molecular formula is C32H33F5N4O4. The Morgan fingerprint density at radius 1 is 0.978 bits per heavy atom. The van der Waals surface area contributed by atoms with Gasteiger partial charge in [0.1, 0.15) is 23.2 Å². The number of nitrogens with zero attached hydrogens (tertiary/aromatic N) is 3. The third-order valence-corrected chi connectivity index (χ3v) is 6.68. The Hall–Kier alpha value is -4.65. The maximum atomic E-state index is 14.8. The number of hydrogen-bond donors (Lipinski definition) is 2. The van der Waals surface area contributed by atoms with Gasteiger partial charge in [-0.3, -0.25) is 14.8 Å². The van der Waals surface area contributed by atoms with Crippen LogP contribution < -0.4 is 10.2 Å². The molecule has 1 unspecified atom stereocenters. The van der Waals surface area contributed by atoms with E-state index in [1.165, 1.54) is 0 Å². The summed E-state index contributed by atoms with van der Waals surface area (Å²) in [4.78, 5) is 35.2. The van der Waals surface area contributed by atoms with Crippen LogP contribution in [0.15, 0.2) is 67.1 Å². The molecule has 45 heavy (non-hydrogen) atoms. The lowest BCUT2D eigenvalue weighted by Gasteiger charge is -2.29. The summed E-state index contributed by atoms with van der Waals surface area (Å²) in [6.07, 6.45) is 5.61. The fourth-order valence-electron chi connectivity index (χ4n) is 4.73. The lowest BCUT2D eigenvalue weighted by atomic mass is 9.99. The van der Waals surface area contributed by atoms with Gasteiger partial charge in [-0.2, -0.15) is 13.2 Å². The Bertz CT molecular complexity index is 1550. The van der Waals surface area contributed by atoms with E-state index in [2.05, 4.69) is 15.3 Å². The highest BCUT2D eigenvalue weighted by Gasteiger charge is 2.26. The normalized spacial score (nSPS) is 13.3. The molecule has 240 valence electrons. The van der Waals surface area contributed by atoms with Crippen molar-refractivity contribution in [2.45, 2.75) is 39.4 Å². The lowest BCUT2D eigenvalue weighted by Crippen LogP contribution is -2.43. The molecule has 1 amide bonds. The van der Waals surface area contributed by atoms with Crippen molar-refractivity contribution in [3.8, 4) is 0 Å². The Morgan fingerprint density at radius 3 is 2.27 bits per heavy atom.